The van der Waals surface area contributed by atoms with E-state index in [1.165, 1.54) is 18.2 Å². The number of nitrogens with two attached hydrogens (primary N) is 2. The molecule has 2 fully saturated rings. The molecule has 0 aromatic carbocycles. The highest BCUT2D eigenvalue weighted by Crippen LogP contribution is 2.37. The van der Waals surface area contributed by atoms with Crippen molar-refractivity contribution in [2.75, 3.05) is 19.6 Å². The zero-order valence-electron chi connectivity index (χ0n) is 20.3. The molecule has 1 aliphatic heterocycles. The lowest BCUT2D eigenvalue weighted by atomic mass is 9.78. The molecule has 0 radical (unpaired) electrons. The van der Waals surface area contributed by atoms with Crippen LogP contribution in [0.15, 0.2) is 0 Å². The van der Waals surface area contributed by atoms with E-state index in [4.69, 9.17) is 11.5 Å². The van der Waals surface area contributed by atoms with Crippen molar-refractivity contribution in [2.24, 2.45) is 17.4 Å². The molecule has 2 aliphatic rings. The van der Waals surface area contributed by atoms with Crippen molar-refractivity contribution in [3.8, 4) is 0 Å². The number of nitrogens with one attached hydrogen (secondary N) is 2. The number of rotatable bonds is 13. The predicted molar refractivity (Wildman–Crippen MR) is 127 cm³/mol. The fourth-order valence-corrected chi connectivity index (χ4v) is 6.30. The molecule has 16 heteroatoms. The number of hydrogen-bond acceptors (Lipinski definition) is 9. The van der Waals surface area contributed by atoms with Crippen molar-refractivity contribution >= 4 is 35.1 Å². The first-order valence-electron chi connectivity index (χ1n) is 11.7. The number of likely N-dealkylation sites (N-methyl/N-ethyl adjacent to an activating group) is 1. The molecule has 0 spiro atoms. The Kier molecular flexibility index (Phi) is 9.66. The first kappa shape index (κ1) is 29.4. The van der Waals surface area contributed by atoms with E-state index in [1.54, 1.807) is 6.92 Å². The number of carboxylic acid groups (broad SMARTS) is 1. The first-order chi connectivity index (χ1) is 16.2. The standard InChI is InChI=1S/C19H37BN6O8S/c1-4-26(15-8-14(15)22)35(33,34)25-9-13(6-5-7-20(31)32)19(10-25,18(29)30)24-17(28)12(3)23-16(27)11(2)21/h11-15,31-32H,4-10,21-22H2,1-3H3,(H,23,27)(H,24,28)(H,29,30)/t11-,12-,13-,14-,15-,19-/m0/s1. The summed E-state index contributed by atoms with van der Waals surface area (Å²) in [5.74, 6) is -3.74. The normalized spacial score (nSPS) is 28.4. The number of aliphatic carboxylic acids is 1. The average Bonchev–Trinajstić information content (AvgIpc) is 3.32. The maximum Gasteiger partial charge on any atom is 0.451 e. The lowest BCUT2D eigenvalue weighted by molar-refractivity contribution is -0.149. The van der Waals surface area contributed by atoms with Gasteiger partial charge >= 0.3 is 13.1 Å². The topological polar surface area (TPSA) is 229 Å². The van der Waals surface area contributed by atoms with Crippen molar-refractivity contribution in [1.29, 1.82) is 0 Å². The van der Waals surface area contributed by atoms with E-state index >= 15 is 0 Å². The minimum Gasteiger partial charge on any atom is -0.479 e. The summed E-state index contributed by atoms with van der Waals surface area (Å²) in [6.07, 6.45) is 0.733. The van der Waals surface area contributed by atoms with Gasteiger partial charge in [0.05, 0.1) is 6.04 Å². The number of carbonyl (C=O) groups is 3. The van der Waals surface area contributed by atoms with Crippen molar-refractivity contribution in [3.05, 3.63) is 0 Å². The van der Waals surface area contributed by atoms with E-state index < -0.39 is 65.2 Å². The second-order valence-electron chi connectivity index (χ2n) is 9.36. The lowest BCUT2D eigenvalue weighted by Gasteiger charge is -2.33. The van der Waals surface area contributed by atoms with Gasteiger partial charge in [-0.1, -0.05) is 13.3 Å². The maximum absolute atomic E-state index is 13.4. The van der Waals surface area contributed by atoms with Gasteiger partial charge in [0, 0.05) is 37.6 Å². The molecule has 2 rings (SSSR count). The van der Waals surface area contributed by atoms with Crippen LogP contribution in [-0.4, -0.2) is 106 Å². The second kappa shape index (κ2) is 11.5. The van der Waals surface area contributed by atoms with Gasteiger partial charge in [0.15, 0.2) is 5.54 Å². The Morgan fingerprint density at radius 2 is 1.86 bits per heavy atom. The molecule has 0 unspecified atom stereocenters. The smallest absolute Gasteiger partial charge is 0.451 e. The zero-order chi connectivity index (χ0) is 26.7. The number of amides is 2. The van der Waals surface area contributed by atoms with Gasteiger partial charge in [0.25, 0.3) is 10.2 Å². The van der Waals surface area contributed by atoms with E-state index in [-0.39, 0.29) is 44.3 Å². The summed E-state index contributed by atoms with van der Waals surface area (Å²) in [7, 11) is -5.70. The molecule has 0 aromatic heterocycles. The monoisotopic (exact) mass is 520 g/mol. The van der Waals surface area contributed by atoms with Crippen LogP contribution in [0, 0.1) is 5.92 Å². The molecule has 6 atom stereocenters. The Morgan fingerprint density at radius 1 is 1.26 bits per heavy atom. The van der Waals surface area contributed by atoms with Crippen LogP contribution in [0.5, 0.6) is 0 Å². The summed E-state index contributed by atoms with van der Waals surface area (Å²) in [5, 5.41) is 33.4. The van der Waals surface area contributed by atoms with Gasteiger partial charge in [-0.25, -0.2) is 4.79 Å². The van der Waals surface area contributed by atoms with Gasteiger partial charge in [-0.3, -0.25) is 9.59 Å². The van der Waals surface area contributed by atoms with Crippen LogP contribution in [0.4, 0.5) is 0 Å². The highest BCUT2D eigenvalue weighted by molar-refractivity contribution is 7.86. The number of carboxylic acids is 1. The average molecular weight is 520 g/mol. The van der Waals surface area contributed by atoms with E-state index in [1.807, 2.05) is 0 Å². The van der Waals surface area contributed by atoms with E-state index in [0.717, 1.165) is 4.31 Å². The minimum atomic E-state index is -4.10. The van der Waals surface area contributed by atoms with Crippen LogP contribution in [-0.2, 0) is 24.6 Å². The van der Waals surface area contributed by atoms with Crippen molar-refractivity contribution < 1.29 is 38.0 Å². The van der Waals surface area contributed by atoms with Crippen LogP contribution >= 0.6 is 0 Å². The maximum atomic E-state index is 13.4. The predicted octanol–water partition coefficient (Wildman–Crippen LogP) is -3.37. The summed E-state index contributed by atoms with van der Waals surface area (Å²) in [5.41, 5.74) is 9.36. The summed E-state index contributed by atoms with van der Waals surface area (Å²) >= 11 is 0. The molecule has 1 aliphatic carbocycles. The van der Waals surface area contributed by atoms with Crippen LogP contribution < -0.4 is 22.1 Å². The largest absolute Gasteiger partial charge is 0.479 e. The van der Waals surface area contributed by atoms with Gasteiger partial charge in [-0.15, -0.1) is 0 Å². The van der Waals surface area contributed by atoms with Gasteiger partial charge in [-0.05, 0) is 33.0 Å². The van der Waals surface area contributed by atoms with Gasteiger partial charge in [0.2, 0.25) is 11.8 Å². The van der Waals surface area contributed by atoms with Crippen LogP contribution in [0.3, 0.4) is 0 Å². The third-order valence-corrected chi connectivity index (χ3v) is 8.62. The van der Waals surface area contributed by atoms with Crippen LogP contribution in [0.2, 0.25) is 6.32 Å². The second-order valence-corrected chi connectivity index (χ2v) is 11.2. The number of hydrogen-bond donors (Lipinski definition) is 7. The molecule has 1 saturated carbocycles. The molecule has 2 amide bonds. The van der Waals surface area contributed by atoms with Crippen molar-refractivity contribution in [3.63, 3.8) is 0 Å². The van der Waals surface area contributed by atoms with Gasteiger partial charge in [0.1, 0.15) is 6.04 Å². The summed E-state index contributed by atoms with van der Waals surface area (Å²) in [4.78, 5) is 37.3. The first-order valence-corrected chi connectivity index (χ1v) is 13.1. The third-order valence-electron chi connectivity index (χ3n) is 6.56. The fourth-order valence-electron chi connectivity index (χ4n) is 4.36. The molecule has 0 aromatic rings. The molecular weight excluding hydrogens is 483 g/mol. The molecule has 1 heterocycles. The SMILES string of the molecule is CCN([C@H]1C[C@@H]1N)S(=O)(=O)N1C[C@H](CCCB(O)O)[C@](NC(=O)[C@H](C)NC(=O)[C@H](C)N)(C(=O)O)C1. The van der Waals surface area contributed by atoms with Crippen LogP contribution in [0.25, 0.3) is 0 Å². The highest BCUT2D eigenvalue weighted by atomic mass is 32.2. The van der Waals surface area contributed by atoms with Gasteiger partial charge < -0.3 is 37.3 Å². The lowest BCUT2D eigenvalue weighted by Crippen LogP contribution is -2.63. The number of nitrogens with zero attached hydrogens (tertiary/aromatic N) is 2. The Balaban J connectivity index is 2.34. The summed E-state index contributed by atoms with van der Waals surface area (Å²) in [6.45, 7) is 3.86. The van der Waals surface area contributed by atoms with Gasteiger partial charge in [-0.2, -0.15) is 17.0 Å². The Hall–Kier alpha value is -1.82. The van der Waals surface area contributed by atoms with E-state index in [2.05, 4.69) is 10.6 Å². The third kappa shape index (κ3) is 6.69. The van der Waals surface area contributed by atoms with E-state index in [0.29, 0.717) is 6.42 Å². The zero-order valence-corrected chi connectivity index (χ0v) is 21.1. The molecule has 14 nitrogen and oxygen atoms in total. The fraction of sp³-hybridized carbons (Fsp3) is 0.842. The summed E-state index contributed by atoms with van der Waals surface area (Å²) < 4.78 is 29.1. The Bertz CT molecular complexity index is 906. The Labute approximate surface area is 205 Å². The van der Waals surface area contributed by atoms with Crippen molar-refractivity contribution in [2.45, 2.75) is 76.1 Å². The number of carbonyl (C=O) groups excluding carboxylic acids is 2. The molecule has 35 heavy (non-hydrogen) atoms. The van der Waals surface area contributed by atoms with Crippen molar-refractivity contribution in [1.82, 2.24) is 19.2 Å². The van der Waals surface area contributed by atoms with E-state index in [9.17, 15) is 38.0 Å². The molecule has 9 N–H and O–H groups in total. The minimum absolute atomic E-state index is 0.0498. The Morgan fingerprint density at radius 3 is 2.31 bits per heavy atom. The summed E-state index contributed by atoms with van der Waals surface area (Å²) in [6, 6.07) is -2.70. The highest BCUT2D eigenvalue weighted by Gasteiger charge is 2.58. The van der Waals surface area contributed by atoms with Crippen LogP contribution in [0.1, 0.15) is 40.0 Å². The molecule has 0 bridgehead atoms. The molecule has 1 saturated heterocycles. The molecular formula is C19H37BN6O8S. The quantitative estimate of drug-likeness (QED) is 0.119. The molecule has 200 valence electrons.